The molecule has 0 unspecified atom stereocenters. The van der Waals surface area contributed by atoms with Gasteiger partial charge in [-0.3, -0.25) is 5.43 Å². The Hall–Kier alpha value is -1.49. The third-order valence-corrected chi connectivity index (χ3v) is 1.13. The fraction of sp³-hybridized carbons (Fsp3) is 0.167. The maximum atomic E-state index is 10.8. The second-order valence-corrected chi connectivity index (χ2v) is 1.80. The van der Waals surface area contributed by atoms with Crippen molar-refractivity contribution in [2.24, 2.45) is 5.84 Å². The lowest BCUT2D eigenvalue weighted by molar-refractivity contribution is 0.0566. The zero-order valence-electron chi connectivity index (χ0n) is 5.96. The van der Waals surface area contributed by atoms with E-state index in [1.165, 1.54) is 19.2 Å². The quantitative estimate of drug-likeness (QED) is 0.367. The molecule has 0 aromatic carbocycles. The Morgan fingerprint density at radius 3 is 2.91 bits per heavy atom. The molecule has 3 N–H and O–H groups in total. The van der Waals surface area contributed by atoms with E-state index >= 15 is 0 Å². The van der Waals surface area contributed by atoms with Crippen LogP contribution in [0.3, 0.4) is 0 Å². The lowest BCUT2D eigenvalue weighted by Gasteiger charge is -1.93. The number of rotatable bonds is 2. The van der Waals surface area contributed by atoms with Crippen molar-refractivity contribution in [3.63, 3.8) is 0 Å². The Balaban J connectivity index is 2.80. The molecule has 5 nitrogen and oxygen atoms in total. The molecule has 1 aromatic rings. The molecule has 60 valence electrons. The van der Waals surface area contributed by atoms with E-state index in [1.807, 2.05) is 0 Å². The van der Waals surface area contributed by atoms with Crippen molar-refractivity contribution < 1.29 is 13.9 Å². The molecule has 0 atom stereocenters. The summed E-state index contributed by atoms with van der Waals surface area (Å²) in [5.74, 6) is 4.94. The first-order valence-corrected chi connectivity index (χ1v) is 2.92. The number of hydrazine groups is 1. The monoisotopic (exact) mass is 156 g/mol. The molecule has 1 aromatic heterocycles. The number of nitrogen functional groups attached to an aromatic ring is 1. The highest BCUT2D eigenvalue weighted by Crippen LogP contribution is 2.11. The van der Waals surface area contributed by atoms with Crippen LogP contribution in [0.2, 0.25) is 0 Å². The molecule has 0 saturated heterocycles. The predicted octanol–water partition coefficient (Wildman–Crippen LogP) is 0.352. The average Bonchev–Trinajstić information content (AvgIpc) is 2.50. The van der Waals surface area contributed by atoms with Gasteiger partial charge in [0.25, 0.3) is 0 Å². The number of carbonyl (C=O) groups is 1. The SMILES string of the molecule is COC(=O)c1ccc(NN)o1. The van der Waals surface area contributed by atoms with Gasteiger partial charge in [-0.05, 0) is 6.07 Å². The number of furan rings is 1. The van der Waals surface area contributed by atoms with E-state index in [0.717, 1.165) is 0 Å². The number of esters is 1. The van der Waals surface area contributed by atoms with Gasteiger partial charge >= 0.3 is 5.97 Å². The van der Waals surface area contributed by atoms with E-state index < -0.39 is 5.97 Å². The van der Waals surface area contributed by atoms with Crippen LogP contribution in [0.1, 0.15) is 10.6 Å². The molecule has 0 fully saturated rings. The van der Waals surface area contributed by atoms with Crippen molar-refractivity contribution in [1.82, 2.24) is 0 Å². The van der Waals surface area contributed by atoms with Gasteiger partial charge in [0, 0.05) is 6.07 Å². The number of ether oxygens (including phenoxy) is 1. The summed E-state index contributed by atoms with van der Waals surface area (Å²) >= 11 is 0. The Morgan fingerprint density at radius 2 is 2.45 bits per heavy atom. The van der Waals surface area contributed by atoms with Gasteiger partial charge in [-0.1, -0.05) is 0 Å². The summed E-state index contributed by atoms with van der Waals surface area (Å²) < 4.78 is 9.27. The Bertz CT molecular complexity index is 256. The molecule has 0 saturated carbocycles. The third-order valence-electron chi connectivity index (χ3n) is 1.13. The summed E-state index contributed by atoms with van der Waals surface area (Å²) in [5.41, 5.74) is 2.25. The van der Waals surface area contributed by atoms with Crippen LogP contribution in [0, 0.1) is 0 Å². The van der Waals surface area contributed by atoms with Crippen LogP contribution in [0.25, 0.3) is 0 Å². The topological polar surface area (TPSA) is 77.5 Å². The van der Waals surface area contributed by atoms with Gasteiger partial charge in [0.2, 0.25) is 11.6 Å². The summed E-state index contributed by atoms with van der Waals surface area (Å²) in [7, 11) is 1.28. The number of anilines is 1. The van der Waals surface area contributed by atoms with E-state index in [-0.39, 0.29) is 5.76 Å². The molecule has 11 heavy (non-hydrogen) atoms. The fourth-order valence-electron chi connectivity index (χ4n) is 0.626. The molecule has 0 aliphatic carbocycles. The van der Waals surface area contributed by atoms with Crippen LogP contribution in [-0.4, -0.2) is 13.1 Å². The van der Waals surface area contributed by atoms with Crippen molar-refractivity contribution in [3.8, 4) is 0 Å². The molecule has 0 aliphatic heterocycles. The molecule has 5 heteroatoms. The molecule has 0 amide bonds. The van der Waals surface area contributed by atoms with Gasteiger partial charge in [0.1, 0.15) is 0 Å². The second-order valence-electron chi connectivity index (χ2n) is 1.80. The van der Waals surface area contributed by atoms with Crippen molar-refractivity contribution in [1.29, 1.82) is 0 Å². The highest BCUT2D eigenvalue weighted by molar-refractivity contribution is 5.86. The van der Waals surface area contributed by atoms with E-state index in [1.54, 1.807) is 0 Å². The zero-order valence-corrected chi connectivity index (χ0v) is 5.96. The zero-order chi connectivity index (χ0) is 8.27. The number of methoxy groups -OCH3 is 1. The first-order chi connectivity index (χ1) is 5.27. The van der Waals surface area contributed by atoms with Crippen molar-refractivity contribution in [2.75, 3.05) is 12.5 Å². The normalized spacial score (nSPS) is 9.27. The minimum atomic E-state index is -0.522. The largest absolute Gasteiger partial charge is 0.463 e. The van der Waals surface area contributed by atoms with Crippen LogP contribution in [-0.2, 0) is 4.74 Å². The van der Waals surface area contributed by atoms with Crippen molar-refractivity contribution in [3.05, 3.63) is 17.9 Å². The summed E-state index contributed by atoms with van der Waals surface area (Å²) in [6, 6.07) is 3.01. The first kappa shape index (κ1) is 7.62. The van der Waals surface area contributed by atoms with E-state index in [0.29, 0.717) is 5.88 Å². The highest BCUT2D eigenvalue weighted by atomic mass is 16.5. The van der Waals surface area contributed by atoms with E-state index in [2.05, 4.69) is 10.2 Å². The maximum Gasteiger partial charge on any atom is 0.374 e. The van der Waals surface area contributed by atoms with Gasteiger partial charge in [-0.25, -0.2) is 10.6 Å². The van der Waals surface area contributed by atoms with Gasteiger partial charge in [-0.15, -0.1) is 0 Å². The van der Waals surface area contributed by atoms with Gasteiger partial charge in [0.15, 0.2) is 0 Å². The lowest BCUT2D eigenvalue weighted by Crippen LogP contribution is -2.05. The van der Waals surface area contributed by atoms with Crippen LogP contribution >= 0.6 is 0 Å². The van der Waals surface area contributed by atoms with Crippen LogP contribution in [0.4, 0.5) is 5.88 Å². The van der Waals surface area contributed by atoms with Crippen molar-refractivity contribution >= 4 is 11.9 Å². The maximum absolute atomic E-state index is 10.8. The number of carbonyl (C=O) groups excluding carboxylic acids is 1. The molecule has 0 aliphatic rings. The van der Waals surface area contributed by atoms with E-state index in [9.17, 15) is 4.79 Å². The molecule has 1 rings (SSSR count). The van der Waals surface area contributed by atoms with Gasteiger partial charge in [-0.2, -0.15) is 0 Å². The molecule has 0 radical (unpaired) electrons. The highest BCUT2D eigenvalue weighted by Gasteiger charge is 2.09. The summed E-state index contributed by atoms with van der Waals surface area (Å²) in [4.78, 5) is 10.8. The Kier molecular flexibility index (Phi) is 2.12. The standard InChI is InChI=1S/C6H8N2O3/c1-10-6(9)4-2-3-5(8-7)11-4/h2-3,8H,7H2,1H3. The minimum Gasteiger partial charge on any atom is -0.463 e. The predicted molar refractivity (Wildman–Crippen MR) is 37.9 cm³/mol. The summed E-state index contributed by atoms with van der Waals surface area (Å²) in [6.07, 6.45) is 0. The molecular formula is C6H8N2O3. The second kappa shape index (κ2) is 3.07. The molecular weight excluding hydrogens is 148 g/mol. The van der Waals surface area contributed by atoms with Gasteiger partial charge < -0.3 is 9.15 Å². The smallest absolute Gasteiger partial charge is 0.374 e. The minimum absolute atomic E-state index is 0.125. The number of nitrogens with one attached hydrogen (secondary N) is 1. The average molecular weight is 156 g/mol. The van der Waals surface area contributed by atoms with Crippen LogP contribution in [0.15, 0.2) is 16.5 Å². The van der Waals surface area contributed by atoms with Crippen LogP contribution in [0.5, 0.6) is 0 Å². The summed E-state index contributed by atoms with van der Waals surface area (Å²) in [5, 5.41) is 0. The Labute approximate surface area is 63.1 Å². The number of nitrogens with two attached hydrogens (primary N) is 1. The van der Waals surface area contributed by atoms with Crippen LogP contribution < -0.4 is 11.3 Å². The molecule has 1 heterocycles. The molecule has 0 bridgehead atoms. The fourth-order valence-corrected chi connectivity index (χ4v) is 0.626. The first-order valence-electron chi connectivity index (χ1n) is 2.92. The van der Waals surface area contributed by atoms with E-state index in [4.69, 9.17) is 10.3 Å². The molecule has 0 spiro atoms. The van der Waals surface area contributed by atoms with Gasteiger partial charge in [0.05, 0.1) is 7.11 Å². The number of hydrogen-bond acceptors (Lipinski definition) is 5. The Morgan fingerprint density at radius 1 is 1.73 bits per heavy atom. The third kappa shape index (κ3) is 1.50. The van der Waals surface area contributed by atoms with Crippen molar-refractivity contribution in [2.45, 2.75) is 0 Å². The summed E-state index contributed by atoms with van der Waals surface area (Å²) in [6.45, 7) is 0. The number of hydrogen-bond donors (Lipinski definition) is 2. The lowest BCUT2D eigenvalue weighted by atomic mass is 10.5.